The number of hydrogen-bond donors (Lipinski definition) is 2. The quantitative estimate of drug-likeness (QED) is 0.518. The van der Waals surface area contributed by atoms with Crippen molar-refractivity contribution in [1.29, 1.82) is 0 Å². The number of nitrogens with zero attached hydrogens (tertiary/aromatic N) is 4. The molecule has 29 heavy (non-hydrogen) atoms. The number of rotatable bonds is 5. The topological polar surface area (TPSA) is 57.0 Å². The predicted molar refractivity (Wildman–Crippen MR) is 120 cm³/mol. The number of hydrogen-bond acceptors (Lipinski definition) is 3. The number of aryl methyl sites for hydroxylation is 1. The molecule has 0 spiro atoms. The molecule has 1 aliphatic heterocycles. The maximum Gasteiger partial charge on any atom is 0.191 e. The third kappa shape index (κ3) is 4.70. The first-order chi connectivity index (χ1) is 14.2. The summed E-state index contributed by atoms with van der Waals surface area (Å²) in [6.07, 6.45) is 4.41. The lowest BCUT2D eigenvalue weighted by Gasteiger charge is -2.35. The minimum absolute atomic E-state index is 0.380. The van der Waals surface area contributed by atoms with Gasteiger partial charge in [0.25, 0.3) is 0 Å². The number of benzene rings is 1. The fourth-order valence-corrected chi connectivity index (χ4v) is 3.92. The highest BCUT2D eigenvalue weighted by atomic mass is 15.2. The Morgan fingerprint density at radius 1 is 1.17 bits per heavy atom. The molecule has 0 aliphatic carbocycles. The van der Waals surface area contributed by atoms with Gasteiger partial charge in [0, 0.05) is 43.3 Å². The number of imidazole rings is 1. The number of fused-ring (bicyclic) bond motifs is 1. The number of piperidine rings is 1. The molecule has 6 heteroatoms. The zero-order chi connectivity index (χ0) is 20.1. The van der Waals surface area contributed by atoms with Crippen molar-refractivity contribution >= 4 is 17.3 Å². The molecule has 3 aromatic rings. The molecule has 1 fully saturated rings. The molecular formula is C23H30N6. The average molecular weight is 391 g/mol. The van der Waals surface area contributed by atoms with Crippen LogP contribution in [0.5, 0.6) is 0 Å². The van der Waals surface area contributed by atoms with Crippen molar-refractivity contribution in [3.05, 3.63) is 66.1 Å². The molecule has 3 heterocycles. The number of para-hydroxylation sites is 1. The normalized spacial score (nSPS) is 17.5. The van der Waals surface area contributed by atoms with Crippen LogP contribution >= 0.6 is 0 Å². The van der Waals surface area contributed by atoms with E-state index in [0.29, 0.717) is 12.6 Å². The van der Waals surface area contributed by atoms with Gasteiger partial charge in [-0.25, -0.2) is 9.98 Å². The zero-order valence-electron chi connectivity index (χ0n) is 17.3. The highest BCUT2D eigenvalue weighted by molar-refractivity contribution is 5.80. The number of aliphatic imine (C=N–C) groups is 1. The number of pyridine rings is 1. The lowest BCUT2D eigenvalue weighted by Crippen LogP contribution is -2.51. The second kappa shape index (κ2) is 8.99. The third-order valence-electron chi connectivity index (χ3n) is 5.37. The molecule has 2 aromatic heterocycles. The van der Waals surface area contributed by atoms with E-state index in [1.54, 1.807) is 0 Å². The highest BCUT2D eigenvalue weighted by Crippen LogP contribution is 2.19. The second-order valence-electron chi connectivity index (χ2n) is 7.59. The first kappa shape index (κ1) is 19.3. The van der Waals surface area contributed by atoms with E-state index in [1.807, 2.05) is 12.1 Å². The van der Waals surface area contributed by atoms with Crippen LogP contribution in [0.25, 0.3) is 5.65 Å². The van der Waals surface area contributed by atoms with E-state index in [1.165, 1.54) is 17.8 Å². The van der Waals surface area contributed by atoms with Crippen molar-refractivity contribution in [2.75, 3.05) is 24.5 Å². The highest BCUT2D eigenvalue weighted by Gasteiger charge is 2.21. The van der Waals surface area contributed by atoms with Gasteiger partial charge in [0.1, 0.15) is 5.65 Å². The Morgan fingerprint density at radius 2 is 2.03 bits per heavy atom. The van der Waals surface area contributed by atoms with E-state index in [0.717, 1.165) is 43.4 Å². The summed E-state index contributed by atoms with van der Waals surface area (Å²) in [6, 6.07) is 17.2. The zero-order valence-corrected chi connectivity index (χ0v) is 17.3. The Bertz CT molecular complexity index is 962. The van der Waals surface area contributed by atoms with Crippen LogP contribution in [0.15, 0.2) is 59.7 Å². The summed E-state index contributed by atoms with van der Waals surface area (Å²) in [4.78, 5) is 12.0. The van der Waals surface area contributed by atoms with Gasteiger partial charge in [0.2, 0.25) is 0 Å². The summed E-state index contributed by atoms with van der Waals surface area (Å²) >= 11 is 0. The van der Waals surface area contributed by atoms with Crippen LogP contribution < -0.4 is 15.5 Å². The van der Waals surface area contributed by atoms with Gasteiger partial charge in [-0.1, -0.05) is 24.3 Å². The Kier molecular flexibility index (Phi) is 5.98. The summed E-state index contributed by atoms with van der Waals surface area (Å²) in [6.45, 7) is 7.69. The lowest BCUT2D eigenvalue weighted by molar-refractivity contribution is 0.468. The maximum absolute atomic E-state index is 4.80. The van der Waals surface area contributed by atoms with E-state index < -0.39 is 0 Å². The van der Waals surface area contributed by atoms with Crippen LogP contribution in [0.2, 0.25) is 0 Å². The summed E-state index contributed by atoms with van der Waals surface area (Å²) in [7, 11) is 0. The molecule has 152 valence electrons. The molecule has 0 bridgehead atoms. The smallest absolute Gasteiger partial charge is 0.191 e. The van der Waals surface area contributed by atoms with Crippen LogP contribution in [-0.4, -0.2) is 41.0 Å². The van der Waals surface area contributed by atoms with Gasteiger partial charge in [0.05, 0.1) is 12.2 Å². The lowest BCUT2D eigenvalue weighted by atomic mass is 10.1. The minimum Gasteiger partial charge on any atom is -0.369 e. The van der Waals surface area contributed by atoms with E-state index in [9.17, 15) is 0 Å². The number of guanidine groups is 1. The Labute approximate surface area is 172 Å². The van der Waals surface area contributed by atoms with Gasteiger partial charge >= 0.3 is 0 Å². The Balaban J connectivity index is 1.43. The van der Waals surface area contributed by atoms with Crippen LogP contribution in [0.3, 0.4) is 0 Å². The molecule has 1 unspecified atom stereocenters. The Morgan fingerprint density at radius 3 is 2.83 bits per heavy atom. The molecule has 1 atom stereocenters. The number of nitrogens with one attached hydrogen (secondary N) is 2. The molecule has 0 saturated carbocycles. The molecule has 4 rings (SSSR count). The molecule has 0 radical (unpaired) electrons. The Hall–Kier alpha value is -3.02. The van der Waals surface area contributed by atoms with Gasteiger partial charge in [-0.15, -0.1) is 0 Å². The van der Waals surface area contributed by atoms with Crippen molar-refractivity contribution in [2.24, 2.45) is 4.99 Å². The van der Waals surface area contributed by atoms with E-state index in [2.05, 4.69) is 76.4 Å². The van der Waals surface area contributed by atoms with Gasteiger partial charge in [0.15, 0.2) is 5.96 Å². The molecule has 1 saturated heterocycles. The van der Waals surface area contributed by atoms with Crippen LogP contribution in [0, 0.1) is 6.92 Å². The van der Waals surface area contributed by atoms with Gasteiger partial charge in [-0.05, 0) is 51.0 Å². The van der Waals surface area contributed by atoms with Crippen molar-refractivity contribution in [3.63, 3.8) is 0 Å². The summed E-state index contributed by atoms with van der Waals surface area (Å²) in [5.74, 6) is 0.862. The molecule has 0 amide bonds. The average Bonchev–Trinajstić information content (AvgIpc) is 3.18. The first-order valence-electron chi connectivity index (χ1n) is 10.5. The standard InChI is InChI=1S/C23H30N6/c1-3-24-23(25-15-20-17-29-18(2)9-7-13-22(29)26-20)27-19-10-8-14-28(16-19)21-11-5-4-6-12-21/h4-7,9,11-13,17,19H,3,8,10,14-16H2,1-2H3,(H2,24,25,27). The second-order valence-corrected chi connectivity index (χ2v) is 7.59. The fraction of sp³-hybridized carbons (Fsp3) is 0.391. The summed E-state index contributed by atoms with van der Waals surface area (Å²) < 4.78 is 2.12. The fourth-order valence-electron chi connectivity index (χ4n) is 3.92. The number of aromatic nitrogens is 2. The predicted octanol–water partition coefficient (Wildman–Crippen LogP) is 3.37. The summed E-state index contributed by atoms with van der Waals surface area (Å²) in [5.41, 5.74) is 4.42. The first-order valence-corrected chi connectivity index (χ1v) is 10.5. The monoisotopic (exact) mass is 390 g/mol. The van der Waals surface area contributed by atoms with Crippen molar-refractivity contribution in [1.82, 2.24) is 20.0 Å². The van der Waals surface area contributed by atoms with Gasteiger partial charge < -0.3 is 19.9 Å². The molecule has 1 aromatic carbocycles. The van der Waals surface area contributed by atoms with Crippen LogP contribution in [0.1, 0.15) is 31.2 Å². The number of anilines is 1. The third-order valence-corrected chi connectivity index (χ3v) is 5.37. The molecule has 1 aliphatic rings. The molecule has 6 nitrogen and oxygen atoms in total. The maximum atomic E-state index is 4.80. The molecule has 2 N–H and O–H groups in total. The van der Waals surface area contributed by atoms with Crippen LogP contribution in [0.4, 0.5) is 5.69 Å². The summed E-state index contributed by atoms with van der Waals surface area (Å²) in [5, 5.41) is 7.02. The van der Waals surface area contributed by atoms with Crippen molar-refractivity contribution in [2.45, 2.75) is 39.3 Å². The van der Waals surface area contributed by atoms with Gasteiger partial charge in [-0.2, -0.15) is 0 Å². The SMILES string of the molecule is CCNC(=NCc1cn2c(C)cccc2n1)NC1CCCN(c2ccccc2)C1. The van der Waals surface area contributed by atoms with Crippen molar-refractivity contribution < 1.29 is 0 Å². The van der Waals surface area contributed by atoms with Crippen molar-refractivity contribution in [3.8, 4) is 0 Å². The largest absolute Gasteiger partial charge is 0.369 e. The van der Waals surface area contributed by atoms with E-state index >= 15 is 0 Å². The van der Waals surface area contributed by atoms with Gasteiger partial charge in [-0.3, -0.25) is 0 Å². The minimum atomic E-state index is 0.380. The van der Waals surface area contributed by atoms with Crippen LogP contribution in [-0.2, 0) is 6.54 Å². The molecular weight excluding hydrogens is 360 g/mol. The van der Waals surface area contributed by atoms with E-state index in [4.69, 9.17) is 9.98 Å². The van der Waals surface area contributed by atoms with E-state index in [-0.39, 0.29) is 0 Å².